The monoisotopic (exact) mass is 808 g/mol. The summed E-state index contributed by atoms with van der Waals surface area (Å²) in [5.41, 5.74) is 2.64. The van der Waals surface area contributed by atoms with Crippen molar-refractivity contribution >= 4 is 37.6 Å². The summed E-state index contributed by atoms with van der Waals surface area (Å²) in [7, 11) is 0. The third-order valence-electron chi connectivity index (χ3n) is 9.74. The van der Waals surface area contributed by atoms with E-state index in [0.29, 0.717) is 0 Å². The van der Waals surface area contributed by atoms with Crippen LogP contribution >= 0.6 is 0 Å². The fraction of sp³-hybridized carbons (Fsp3) is 0.692. The van der Waals surface area contributed by atoms with E-state index < -0.39 is 37.6 Å². The van der Waals surface area contributed by atoms with Crippen LogP contribution in [0, 0.1) is 0 Å². The Bertz CT molecular complexity index is 860. The zero-order valence-corrected chi connectivity index (χ0v) is 35.4. The first-order valence-corrected chi connectivity index (χ1v) is 32.8. The molecule has 2 aromatic carbocycles. The van der Waals surface area contributed by atoms with Gasteiger partial charge in [0.15, 0.2) is 0 Å². The third kappa shape index (κ3) is 12.7. The molecule has 0 radical (unpaired) electrons. The Hall–Kier alpha value is -0.363. The van der Waals surface area contributed by atoms with Crippen molar-refractivity contribution in [3.05, 3.63) is 59.7 Å². The Labute approximate surface area is 277 Å². The zero-order valence-electron chi connectivity index (χ0n) is 29.7. The van der Waals surface area contributed by atoms with Gasteiger partial charge in [0.1, 0.15) is 0 Å². The van der Waals surface area contributed by atoms with Crippen molar-refractivity contribution in [1.29, 1.82) is 0 Å². The van der Waals surface area contributed by atoms with E-state index in [1.165, 1.54) is 115 Å². The SMILES string of the molecule is CCC[CH2][Sn]([CH2]CCC)([CH2]CCC)[O]c1ccc(C(C)(C)c2ccc([O][Sn]([CH2]CCC)([CH2]CCC)[CH2]CCC)cc2)cc1. The average Bonchev–Trinajstić information content (AvgIpc) is 3.02. The molecule has 2 aromatic rings. The molecule has 0 aromatic heterocycles. The quantitative estimate of drug-likeness (QED) is 0.0984. The molecule has 0 amide bonds. The van der Waals surface area contributed by atoms with Crippen LogP contribution in [0.5, 0.6) is 11.5 Å². The predicted octanol–water partition coefficient (Wildman–Crippen LogP) is 13.5. The number of benzene rings is 2. The Balaban J connectivity index is 2.24. The molecule has 0 aliphatic heterocycles. The molecule has 0 aliphatic carbocycles. The maximum absolute atomic E-state index is 7.13. The van der Waals surface area contributed by atoms with E-state index in [9.17, 15) is 0 Å². The summed E-state index contributed by atoms with van der Waals surface area (Å²) in [6.45, 7) is 18.7. The molecule has 4 heteroatoms. The molecule has 43 heavy (non-hydrogen) atoms. The van der Waals surface area contributed by atoms with Crippen LogP contribution in [0.4, 0.5) is 0 Å². The molecule has 2 rings (SSSR count). The van der Waals surface area contributed by atoms with Crippen molar-refractivity contribution in [3.8, 4) is 11.5 Å². The maximum atomic E-state index is 7.13. The van der Waals surface area contributed by atoms with E-state index in [-0.39, 0.29) is 5.41 Å². The third-order valence-corrected chi connectivity index (χ3v) is 35.2. The van der Waals surface area contributed by atoms with Crippen molar-refractivity contribution in [2.75, 3.05) is 0 Å². The first kappa shape index (κ1) is 38.8. The van der Waals surface area contributed by atoms with Crippen LogP contribution in [0.2, 0.25) is 26.6 Å². The van der Waals surface area contributed by atoms with Crippen molar-refractivity contribution in [2.45, 2.75) is 164 Å². The molecular formula is C39H68O2Sn2. The molecule has 2 nitrogen and oxygen atoms in total. The molecule has 0 heterocycles. The van der Waals surface area contributed by atoms with Gasteiger partial charge in [-0.25, -0.2) is 0 Å². The van der Waals surface area contributed by atoms with Crippen molar-refractivity contribution in [2.24, 2.45) is 0 Å². The van der Waals surface area contributed by atoms with Gasteiger partial charge in [-0.2, -0.15) is 0 Å². The van der Waals surface area contributed by atoms with E-state index in [1.54, 1.807) is 0 Å². The fourth-order valence-corrected chi connectivity index (χ4v) is 33.3. The van der Waals surface area contributed by atoms with E-state index in [0.717, 1.165) is 11.5 Å². The summed E-state index contributed by atoms with van der Waals surface area (Å²) in [4.78, 5) is 0. The van der Waals surface area contributed by atoms with Crippen molar-refractivity contribution in [3.63, 3.8) is 0 Å². The van der Waals surface area contributed by atoms with Gasteiger partial charge >= 0.3 is 279 Å². The number of hydrogen-bond acceptors (Lipinski definition) is 2. The van der Waals surface area contributed by atoms with E-state index in [2.05, 4.69) is 104 Å². The van der Waals surface area contributed by atoms with Gasteiger partial charge in [-0.3, -0.25) is 0 Å². The van der Waals surface area contributed by atoms with E-state index >= 15 is 0 Å². The molecular weight excluding hydrogens is 738 g/mol. The van der Waals surface area contributed by atoms with E-state index in [4.69, 9.17) is 6.15 Å². The molecule has 0 atom stereocenters. The average molecular weight is 806 g/mol. The molecule has 0 aliphatic rings. The van der Waals surface area contributed by atoms with Crippen LogP contribution in [-0.4, -0.2) is 37.6 Å². The molecule has 0 N–H and O–H groups in total. The molecule has 0 fully saturated rings. The van der Waals surface area contributed by atoms with Gasteiger partial charge in [-0.15, -0.1) is 0 Å². The summed E-state index contributed by atoms with van der Waals surface area (Å²) in [5, 5.41) is 0. The second-order valence-electron chi connectivity index (χ2n) is 13.9. The Morgan fingerprint density at radius 3 is 0.860 bits per heavy atom. The van der Waals surface area contributed by atoms with Crippen molar-refractivity contribution in [1.82, 2.24) is 0 Å². The Morgan fingerprint density at radius 2 is 0.651 bits per heavy atom. The van der Waals surface area contributed by atoms with Crippen LogP contribution < -0.4 is 6.15 Å². The summed E-state index contributed by atoms with van der Waals surface area (Å²) in [5.74, 6) is 2.25. The molecule has 0 saturated carbocycles. The summed E-state index contributed by atoms with van der Waals surface area (Å²) in [6.07, 6.45) is 15.6. The minimum absolute atomic E-state index is 0.0724. The predicted molar refractivity (Wildman–Crippen MR) is 196 cm³/mol. The van der Waals surface area contributed by atoms with Crippen LogP contribution in [0.15, 0.2) is 48.5 Å². The molecule has 0 spiro atoms. The Morgan fingerprint density at radius 1 is 0.419 bits per heavy atom. The van der Waals surface area contributed by atoms with Crippen LogP contribution in [0.25, 0.3) is 0 Å². The molecule has 0 bridgehead atoms. The van der Waals surface area contributed by atoms with Crippen LogP contribution in [-0.2, 0) is 5.41 Å². The molecule has 244 valence electrons. The first-order valence-electron chi connectivity index (χ1n) is 18.3. The zero-order chi connectivity index (χ0) is 31.6. The first-order chi connectivity index (χ1) is 20.7. The minimum atomic E-state index is -2.69. The summed E-state index contributed by atoms with van der Waals surface area (Å²) in [6, 6.07) is 18.4. The number of rotatable bonds is 24. The topological polar surface area (TPSA) is 18.5 Å². The normalized spacial score (nSPS) is 12.5. The second kappa shape index (κ2) is 20.7. The van der Waals surface area contributed by atoms with Gasteiger partial charge in [0.2, 0.25) is 0 Å². The van der Waals surface area contributed by atoms with Crippen molar-refractivity contribution < 1.29 is 6.15 Å². The molecule has 0 saturated heterocycles. The fourth-order valence-electron chi connectivity index (χ4n) is 6.60. The Kier molecular flexibility index (Phi) is 18.7. The van der Waals surface area contributed by atoms with Crippen LogP contribution in [0.3, 0.4) is 0 Å². The summed E-state index contributed by atoms with van der Waals surface area (Å²) < 4.78 is 22.5. The number of hydrogen-bond donors (Lipinski definition) is 0. The summed E-state index contributed by atoms with van der Waals surface area (Å²) >= 11 is -5.38. The van der Waals surface area contributed by atoms with Gasteiger partial charge in [-0.05, 0) is 0 Å². The van der Waals surface area contributed by atoms with E-state index in [1.807, 2.05) is 0 Å². The van der Waals surface area contributed by atoms with Gasteiger partial charge < -0.3 is 0 Å². The number of unbranched alkanes of at least 4 members (excludes halogenated alkanes) is 6. The van der Waals surface area contributed by atoms with Gasteiger partial charge in [0.05, 0.1) is 0 Å². The van der Waals surface area contributed by atoms with Gasteiger partial charge in [-0.1, -0.05) is 0 Å². The second-order valence-corrected chi connectivity index (χ2v) is 37.1. The van der Waals surface area contributed by atoms with Gasteiger partial charge in [0, 0.05) is 0 Å². The molecule has 0 unspecified atom stereocenters. The van der Waals surface area contributed by atoms with Crippen LogP contribution in [0.1, 0.15) is 144 Å². The van der Waals surface area contributed by atoms with Gasteiger partial charge in [0.25, 0.3) is 0 Å². The standard InChI is InChI=1S/C15H16O2.6C4H9.2Sn/c1-15(2,11-3-7-13(16)8-4-11)12-5-9-14(17)10-6-12;6*1-3-4-2;;/h3-10,16-17H,1-2H3;6*1,3-4H2,2H3;;/q;;;;;;;2*+1/p-2.